The van der Waals surface area contributed by atoms with Gasteiger partial charge in [0, 0.05) is 12.6 Å². The molecule has 0 saturated carbocycles. The lowest BCUT2D eigenvalue weighted by atomic mass is 9.76. The highest BCUT2D eigenvalue weighted by molar-refractivity contribution is 7.47. The summed E-state index contributed by atoms with van der Waals surface area (Å²) < 4.78 is 37.3. The van der Waals surface area contributed by atoms with Crippen LogP contribution in [-0.4, -0.2) is 44.5 Å². The average molecular weight is 445 g/mol. The van der Waals surface area contributed by atoms with Crippen LogP contribution in [0.3, 0.4) is 0 Å². The smallest absolute Gasteiger partial charge is 0.383 e. The van der Waals surface area contributed by atoms with Gasteiger partial charge in [-0.2, -0.15) is 4.98 Å². The van der Waals surface area contributed by atoms with Gasteiger partial charge in [-0.3, -0.25) is 13.6 Å². The number of aromatic nitrogens is 2. The fraction of sp³-hybridized carbons (Fsp3) is 0.789. The third kappa shape index (κ3) is 5.12. The van der Waals surface area contributed by atoms with Crippen molar-refractivity contribution >= 4 is 13.6 Å². The molecule has 2 unspecified atom stereocenters. The summed E-state index contributed by atoms with van der Waals surface area (Å²) in [4.78, 5) is 26.6. The number of phosphoric ester groups is 1. The number of hydrogen-bond donors (Lipinski definition) is 2. The second-order valence-electron chi connectivity index (χ2n) is 10.1. The predicted octanol–water partition coefficient (Wildman–Crippen LogP) is 2.62. The van der Waals surface area contributed by atoms with Gasteiger partial charge in [0.2, 0.25) is 0 Å². The second-order valence-corrected chi connectivity index (χ2v) is 11.5. The number of hydrogen-bond acceptors (Lipinski definition) is 8. The molecular formula is C19H32N3O7P. The minimum absolute atomic E-state index is 0.0915. The number of rotatable bonds is 5. The van der Waals surface area contributed by atoms with E-state index in [9.17, 15) is 14.3 Å². The van der Waals surface area contributed by atoms with Crippen molar-refractivity contribution in [3.05, 3.63) is 22.7 Å². The van der Waals surface area contributed by atoms with Crippen molar-refractivity contribution in [3.8, 4) is 0 Å². The number of nitrogens with zero attached hydrogens (tertiary/aromatic N) is 2. The molecule has 0 radical (unpaired) electrons. The summed E-state index contributed by atoms with van der Waals surface area (Å²) in [6.45, 7) is 11.5. The zero-order valence-corrected chi connectivity index (χ0v) is 19.2. The van der Waals surface area contributed by atoms with Gasteiger partial charge in [-0.25, -0.2) is 9.36 Å². The highest BCUT2D eigenvalue weighted by atomic mass is 31.2. The van der Waals surface area contributed by atoms with Crippen LogP contribution in [0.2, 0.25) is 0 Å². The first-order chi connectivity index (χ1) is 13.6. The molecule has 2 bridgehead atoms. The van der Waals surface area contributed by atoms with Crippen LogP contribution in [0.4, 0.5) is 5.82 Å². The highest BCUT2D eigenvalue weighted by Crippen LogP contribution is 2.57. The number of ether oxygens (including phenoxy) is 2. The molecule has 11 heteroatoms. The van der Waals surface area contributed by atoms with Crippen molar-refractivity contribution in [2.24, 2.45) is 5.41 Å². The largest absolute Gasteiger partial charge is 0.473 e. The highest BCUT2D eigenvalue weighted by Gasteiger charge is 2.62. The average Bonchev–Trinajstić information content (AvgIpc) is 2.67. The second kappa shape index (κ2) is 7.69. The van der Waals surface area contributed by atoms with Gasteiger partial charge in [0.1, 0.15) is 23.6 Å². The summed E-state index contributed by atoms with van der Waals surface area (Å²) in [5, 5.41) is 0. The fourth-order valence-electron chi connectivity index (χ4n) is 4.19. The van der Waals surface area contributed by atoms with E-state index in [4.69, 9.17) is 24.3 Å². The molecule has 0 amide bonds. The van der Waals surface area contributed by atoms with E-state index < -0.39 is 43.2 Å². The maximum Gasteiger partial charge on any atom is 0.473 e. The summed E-state index contributed by atoms with van der Waals surface area (Å²) in [5.41, 5.74) is 2.99. The lowest BCUT2D eigenvalue weighted by molar-refractivity contribution is -0.138. The molecule has 1 aromatic heterocycles. The maximum absolute atomic E-state index is 12.8. The molecule has 10 nitrogen and oxygen atoms in total. The Morgan fingerprint density at radius 1 is 1.37 bits per heavy atom. The van der Waals surface area contributed by atoms with E-state index in [1.54, 1.807) is 20.8 Å². The van der Waals surface area contributed by atoms with Crippen LogP contribution >= 0.6 is 7.82 Å². The van der Waals surface area contributed by atoms with Crippen LogP contribution < -0.4 is 11.4 Å². The Hall–Kier alpha value is -1.29. The number of fused-ring (bicyclic) bond motifs is 2. The van der Waals surface area contributed by atoms with Gasteiger partial charge in [0.15, 0.2) is 6.23 Å². The quantitative estimate of drug-likeness (QED) is 0.656. The molecule has 3 N–H and O–H groups in total. The van der Waals surface area contributed by atoms with E-state index in [0.29, 0.717) is 19.4 Å². The molecule has 0 aromatic carbocycles. The monoisotopic (exact) mass is 445 g/mol. The SMILES string of the molecule is CC(C)(C)C[C@@]12CCO[C@@H](C1OP(=O)(O)OC(C)(C)C)[C@H](n1ccc(N)nc1=O)O2. The molecule has 2 aliphatic heterocycles. The minimum atomic E-state index is -4.45. The first-order valence-electron chi connectivity index (χ1n) is 9.97. The van der Waals surface area contributed by atoms with Gasteiger partial charge in [-0.1, -0.05) is 20.8 Å². The van der Waals surface area contributed by atoms with E-state index in [-0.39, 0.29) is 11.2 Å². The van der Waals surface area contributed by atoms with E-state index in [2.05, 4.69) is 4.98 Å². The van der Waals surface area contributed by atoms with Gasteiger partial charge >= 0.3 is 13.5 Å². The lowest BCUT2D eigenvalue weighted by Gasteiger charge is -2.42. The van der Waals surface area contributed by atoms with Gasteiger partial charge in [-0.15, -0.1) is 0 Å². The minimum Gasteiger partial charge on any atom is -0.383 e. The normalized spacial score (nSPS) is 31.5. The van der Waals surface area contributed by atoms with Crippen molar-refractivity contribution in [3.63, 3.8) is 0 Å². The molecule has 3 rings (SSSR count). The Bertz CT molecular complexity index is 891. The summed E-state index contributed by atoms with van der Waals surface area (Å²) in [5.74, 6) is 0.0915. The van der Waals surface area contributed by atoms with Crippen LogP contribution in [0.15, 0.2) is 17.1 Å². The number of anilines is 1. The first-order valence-corrected chi connectivity index (χ1v) is 11.5. The Kier molecular flexibility index (Phi) is 5.99. The van der Waals surface area contributed by atoms with Crippen molar-refractivity contribution < 1.29 is 28.0 Å². The third-order valence-corrected chi connectivity index (χ3v) is 6.15. The Morgan fingerprint density at radius 2 is 2.03 bits per heavy atom. The Labute approximate surface area is 176 Å². The molecule has 30 heavy (non-hydrogen) atoms. The van der Waals surface area contributed by atoms with Crippen molar-refractivity contribution in [2.45, 2.75) is 84.0 Å². The molecule has 170 valence electrons. The lowest BCUT2D eigenvalue weighted by Crippen LogP contribution is -2.52. The molecular weight excluding hydrogens is 413 g/mol. The van der Waals surface area contributed by atoms with Gasteiger partial charge < -0.3 is 20.1 Å². The summed E-state index contributed by atoms with van der Waals surface area (Å²) in [7, 11) is -4.45. The van der Waals surface area contributed by atoms with Gasteiger partial charge in [0.05, 0.1) is 12.2 Å². The van der Waals surface area contributed by atoms with Crippen LogP contribution in [0.1, 0.15) is 60.6 Å². The van der Waals surface area contributed by atoms with E-state index in [1.807, 2.05) is 20.8 Å². The van der Waals surface area contributed by atoms with E-state index in [0.717, 1.165) is 0 Å². The maximum atomic E-state index is 12.8. The standard InChI is InChI=1S/C19H32N3O7P/c1-17(2,3)11-19-8-10-26-13(14(19)28-30(24,25)29-18(4,5)6)15(27-19)22-9-7-12(20)21-16(22)23/h7,9,13-15H,8,10-11H2,1-6H3,(H,24,25)(H2,20,21,23)/t13-,14?,15+,19-/m0/s1. The molecule has 3 heterocycles. The van der Waals surface area contributed by atoms with E-state index >= 15 is 0 Å². The molecule has 1 aromatic rings. The van der Waals surface area contributed by atoms with Crippen molar-refractivity contribution in [1.82, 2.24) is 9.55 Å². The number of phosphoric acid groups is 1. The summed E-state index contributed by atoms with van der Waals surface area (Å²) in [6, 6.07) is 1.49. The van der Waals surface area contributed by atoms with Crippen LogP contribution in [0, 0.1) is 5.41 Å². The van der Waals surface area contributed by atoms with Crippen molar-refractivity contribution in [1.29, 1.82) is 0 Å². The van der Waals surface area contributed by atoms with Crippen LogP contribution in [0.25, 0.3) is 0 Å². The predicted molar refractivity (Wildman–Crippen MR) is 110 cm³/mol. The number of nitrogen functional groups attached to an aromatic ring is 1. The summed E-state index contributed by atoms with van der Waals surface area (Å²) in [6.07, 6.45) is -0.158. The Morgan fingerprint density at radius 3 is 2.60 bits per heavy atom. The van der Waals surface area contributed by atoms with Crippen LogP contribution in [-0.2, 0) is 23.1 Å². The van der Waals surface area contributed by atoms with Gasteiger partial charge in [-0.05, 0) is 38.7 Å². The zero-order chi connectivity index (χ0) is 22.5. The van der Waals surface area contributed by atoms with E-state index in [1.165, 1.54) is 16.8 Å². The van der Waals surface area contributed by atoms with Crippen molar-refractivity contribution in [2.75, 3.05) is 12.3 Å². The molecule has 2 fully saturated rings. The number of nitrogens with two attached hydrogens (primary N) is 1. The fourth-order valence-corrected chi connectivity index (χ4v) is 5.53. The zero-order valence-electron chi connectivity index (χ0n) is 18.3. The van der Waals surface area contributed by atoms with Gasteiger partial charge in [0.25, 0.3) is 0 Å². The first kappa shape index (κ1) is 23.4. The third-order valence-electron chi connectivity index (χ3n) is 4.88. The topological polar surface area (TPSA) is 135 Å². The molecule has 5 atom stereocenters. The molecule has 2 aliphatic rings. The molecule has 0 aliphatic carbocycles. The molecule has 0 spiro atoms. The van der Waals surface area contributed by atoms with Crippen LogP contribution in [0.5, 0.6) is 0 Å². The molecule has 2 saturated heterocycles. The Balaban J connectivity index is 2.01. The summed E-state index contributed by atoms with van der Waals surface area (Å²) >= 11 is 0.